The highest BCUT2D eigenvalue weighted by Crippen LogP contribution is 2.38. The highest BCUT2D eigenvalue weighted by Gasteiger charge is 2.27. The molecule has 0 aliphatic heterocycles. The molecule has 1 aliphatic carbocycles. The van der Waals surface area contributed by atoms with Crippen LogP contribution in [-0.4, -0.2) is 21.0 Å². The number of nitrogens with zero attached hydrogens (tertiary/aromatic N) is 2. The number of nitrogen functional groups attached to an aromatic ring is 1. The fourth-order valence-corrected chi connectivity index (χ4v) is 2.41. The lowest BCUT2D eigenvalue weighted by Crippen LogP contribution is -2.05. The largest absolute Gasteiger partial charge is 0.481 e. The highest BCUT2D eigenvalue weighted by atomic mass is 16.4. The van der Waals surface area contributed by atoms with Gasteiger partial charge in [-0.15, -0.1) is 0 Å². The van der Waals surface area contributed by atoms with E-state index < -0.39 is 5.97 Å². The summed E-state index contributed by atoms with van der Waals surface area (Å²) in [5.74, 6) is 1.39. The Labute approximate surface area is 143 Å². The van der Waals surface area contributed by atoms with E-state index in [4.69, 9.17) is 10.8 Å². The summed E-state index contributed by atoms with van der Waals surface area (Å²) in [6, 6.07) is 7.88. The van der Waals surface area contributed by atoms with E-state index in [9.17, 15) is 4.79 Å². The second-order valence-corrected chi connectivity index (χ2v) is 7.57. The maximum absolute atomic E-state index is 10.1. The molecule has 3 rings (SSSR count). The number of anilines is 1. The average molecular weight is 329 g/mol. The normalized spacial score (nSPS) is 14.1. The lowest BCUT2D eigenvalue weighted by Gasteiger charge is -2.16. The fraction of sp³-hybridized carbons (Fsp3) is 0.526. The van der Waals surface area contributed by atoms with Gasteiger partial charge < -0.3 is 10.8 Å². The number of carboxylic acid groups (broad SMARTS) is 1. The van der Waals surface area contributed by atoms with E-state index in [1.165, 1.54) is 12.8 Å². The SMILES string of the molecule is CC(C)(C)CCCC(=O)O.Nc1nc(C2CC2)nc2ccccc12. The number of hydrogen-bond donors (Lipinski definition) is 2. The smallest absolute Gasteiger partial charge is 0.303 e. The minimum atomic E-state index is -0.691. The van der Waals surface area contributed by atoms with Crippen LogP contribution in [0.2, 0.25) is 0 Å². The van der Waals surface area contributed by atoms with E-state index in [0.29, 0.717) is 18.2 Å². The van der Waals surface area contributed by atoms with Gasteiger partial charge in [-0.05, 0) is 43.2 Å². The summed E-state index contributed by atoms with van der Waals surface area (Å²) >= 11 is 0. The summed E-state index contributed by atoms with van der Waals surface area (Å²) in [5, 5.41) is 9.27. The molecule has 1 aromatic heterocycles. The van der Waals surface area contributed by atoms with Crippen LogP contribution in [0.3, 0.4) is 0 Å². The van der Waals surface area contributed by atoms with E-state index in [2.05, 4.69) is 30.7 Å². The van der Waals surface area contributed by atoms with Crippen LogP contribution >= 0.6 is 0 Å². The van der Waals surface area contributed by atoms with Crippen molar-refractivity contribution in [2.45, 2.75) is 58.8 Å². The van der Waals surface area contributed by atoms with E-state index in [1.54, 1.807) is 0 Å². The van der Waals surface area contributed by atoms with Crippen LogP contribution in [0, 0.1) is 5.41 Å². The van der Waals surface area contributed by atoms with Gasteiger partial charge in [-0.3, -0.25) is 4.79 Å². The maximum atomic E-state index is 10.1. The number of carboxylic acids is 1. The average Bonchev–Trinajstić information content (AvgIpc) is 3.31. The molecule has 0 radical (unpaired) electrons. The van der Waals surface area contributed by atoms with Gasteiger partial charge in [0.1, 0.15) is 11.6 Å². The number of carbonyl (C=O) groups is 1. The van der Waals surface area contributed by atoms with Crippen LogP contribution in [-0.2, 0) is 4.79 Å². The lowest BCUT2D eigenvalue weighted by atomic mass is 9.90. The molecule has 0 bridgehead atoms. The molecular weight excluding hydrogens is 302 g/mol. The molecule has 0 atom stereocenters. The minimum Gasteiger partial charge on any atom is -0.481 e. The maximum Gasteiger partial charge on any atom is 0.303 e. The van der Waals surface area contributed by atoms with E-state index in [-0.39, 0.29) is 5.41 Å². The molecule has 0 unspecified atom stereocenters. The van der Waals surface area contributed by atoms with Gasteiger partial charge >= 0.3 is 5.97 Å². The van der Waals surface area contributed by atoms with Gasteiger partial charge in [0.25, 0.3) is 0 Å². The Hall–Kier alpha value is -2.17. The molecule has 1 fully saturated rings. The lowest BCUT2D eigenvalue weighted by molar-refractivity contribution is -0.137. The highest BCUT2D eigenvalue weighted by molar-refractivity contribution is 5.87. The first-order valence-electron chi connectivity index (χ1n) is 8.50. The van der Waals surface area contributed by atoms with Crippen LogP contribution < -0.4 is 5.73 Å². The molecule has 3 N–H and O–H groups in total. The first kappa shape index (κ1) is 18.2. The second-order valence-electron chi connectivity index (χ2n) is 7.57. The number of aromatic nitrogens is 2. The number of rotatable bonds is 4. The van der Waals surface area contributed by atoms with Crippen molar-refractivity contribution in [2.75, 3.05) is 5.73 Å². The van der Waals surface area contributed by atoms with Gasteiger partial charge in [0.05, 0.1) is 5.52 Å². The molecule has 130 valence electrons. The van der Waals surface area contributed by atoms with E-state index >= 15 is 0 Å². The monoisotopic (exact) mass is 329 g/mol. The summed E-state index contributed by atoms with van der Waals surface area (Å²) in [6.45, 7) is 6.36. The van der Waals surface area contributed by atoms with Crippen LogP contribution in [0.15, 0.2) is 24.3 Å². The number of fused-ring (bicyclic) bond motifs is 1. The van der Waals surface area contributed by atoms with Gasteiger partial charge in [-0.1, -0.05) is 32.9 Å². The van der Waals surface area contributed by atoms with Gasteiger partial charge in [-0.2, -0.15) is 0 Å². The van der Waals surface area contributed by atoms with Crippen LogP contribution in [0.1, 0.15) is 64.6 Å². The van der Waals surface area contributed by atoms with Crippen molar-refractivity contribution in [1.29, 1.82) is 0 Å². The Morgan fingerprint density at radius 2 is 1.92 bits per heavy atom. The molecule has 0 amide bonds. The van der Waals surface area contributed by atoms with Crippen molar-refractivity contribution in [3.05, 3.63) is 30.1 Å². The molecule has 1 aromatic carbocycles. The summed E-state index contributed by atoms with van der Waals surface area (Å²) in [6.07, 6.45) is 4.49. The summed E-state index contributed by atoms with van der Waals surface area (Å²) in [5.41, 5.74) is 7.10. The van der Waals surface area contributed by atoms with Gasteiger partial charge in [-0.25, -0.2) is 9.97 Å². The van der Waals surface area contributed by atoms with Gasteiger partial charge in [0.15, 0.2) is 0 Å². The zero-order valence-corrected chi connectivity index (χ0v) is 14.7. The molecule has 1 saturated carbocycles. The molecule has 5 nitrogen and oxygen atoms in total. The Bertz CT molecular complexity index is 703. The Morgan fingerprint density at radius 3 is 2.50 bits per heavy atom. The quantitative estimate of drug-likeness (QED) is 0.869. The van der Waals surface area contributed by atoms with Gasteiger partial charge in [0.2, 0.25) is 0 Å². The first-order valence-corrected chi connectivity index (χ1v) is 8.50. The van der Waals surface area contributed by atoms with Crippen molar-refractivity contribution >= 4 is 22.7 Å². The summed E-state index contributed by atoms with van der Waals surface area (Å²) in [7, 11) is 0. The zero-order chi connectivity index (χ0) is 17.7. The molecule has 0 spiro atoms. The second kappa shape index (κ2) is 7.60. The fourth-order valence-electron chi connectivity index (χ4n) is 2.41. The van der Waals surface area contributed by atoms with Crippen LogP contribution in [0.5, 0.6) is 0 Å². The van der Waals surface area contributed by atoms with Crippen LogP contribution in [0.4, 0.5) is 5.82 Å². The molecule has 1 heterocycles. The molecular formula is C19H27N3O2. The van der Waals surface area contributed by atoms with Crippen molar-refractivity contribution in [2.24, 2.45) is 5.41 Å². The number of aliphatic carboxylic acids is 1. The van der Waals surface area contributed by atoms with E-state index in [0.717, 1.165) is 29.6 Å². The van der Waals surface area contributed by atoms with Crippen molar-refractivity contribution in [1.82, 2.24) is 9.97 Å². The predicted octanol–water partition coefficient (Wildman–Crippen LogP) is 4.38. The summed E-state index contributed by atoms with van der Waals surface area (Å²) < 4.78 is 0. The predicted molar refractivity (Wildman–Crippen MR) is 96.9 cm³/mol. The number of hydrogen-bond acceptors (Lipinski definition) is 4. The zero-order valence-electron chi connectivity index (χ0n) is 14.7. The van der Waals surface area contributed by atoms with Crippen molar-refractivity contribution < 1.29 is 9.90 Å². The first-order chi connectivity index (χ1) is 11.3. The minimum absolute atomic E-state index is 0.273. The standard InChI is InChI=1S/C11H11N3.C8H16O2/c12-10-8-3-1-2-4-9(8)13-11(14-10)7-5-6-7;1-8(2,3)6-4-5-7(9)10/h1-4,7H,5-6H2,(H2,12,13,14);4-6H2,1-3H3,(H,9,10). The topological polar surface area (TPSA) is 89.1 Å². The molecule has 2 aromatic rings. The van der Waals surface area contributed by atoms with Gasteiger partial charge in [0, 0.05) is 17.7 Å². The Kier molecular flexibility index (Phi) is 5.75. The molecule has 0 saturated heterocycles. The Morgan fingerprint density at radius 1 is 1.25 bits per heavy atom. The number of nitrogens with two attached hydrogens (primary N) is 1. The molecule has 5 heteroatoms. The number of benzene rings is 1. The third-order valence-corrected chi connectivity index (χ3v) is 3.91. The number of para-hydroxylation sites is 1. The summed E-state index contributed by atoms with van der Waals surface area (Å²) in [4.78, 5) is 18.9. The van der Waals surface area contributed by atoms with Crippen LogP contribution in [0.25, 0.3) is 10.9 Å². The van der Waals surface area contributed by atoms with Crippen molar-refractivity contribution in [3.8, 4) is 0 Å². The molecule has 24 heavy (non-hydrogen) atoms. The van der Waals surface area contributed by atoms with Crippen molar-refractivity contribution in [3.63, 3.8) is 0 Å². The van der Waals surface area contributed by atoms with E-state index in [1.807, 2.05) is 24.3 Å². The molecule has 1 aliphatic rings. The Balaban J connectivity index is 0.000000187. The third-order valence-electron chi connectivity index (χ3n) is 3.91. The third kappa shape index (κ3) is 5.80.